The van der Waals surface area contributed by atoms with Crippen LogP contribution in [-0.2, 0) is 17.9 Å². The van der Waals surface area contributed by atoms with Gasteiger partial charge in [-0.25, -0.2) is 0 Å². The minimum Gasteiger partial charge on any atom is -0.489 e. The van der Waals surface area contributed by atoms with E-state index in [2.05, 4.69) is 4.90 Å². The SMILES string of the molecule is CN(CCCC(F)(F)F)C(=O)C1CN(Cc2ccc(OCc3cc(Cl)cc(Cl)c3)cc2)C1. The zero-order valence-electron chi connectivity index (χ0n) is 17.7. The summed E-state index contributed by atoms with van der Waals surface area (Å²) in [6, 6.07) is 13.0. The van der Waals surface area contributed by atoms with Gasteiger partial charge >= 0.3 is 6.18 Å². The number of carbonyl (C=O) groups excluding carboxylic acids is 1. The quantitative estimate of drug-likeness (QED) is 0.446. The van der Waals surface area contributed by atoms with Gasteiger partial charge in [-0.05, 0) is 47.9 Å². The molecule has 0 aromatic heterocycles. The second-order valence-corrected chi connectivity index (χ2v) is 8.95. The molecule has 174 valence electrons. The second kappa shape index (κ2) is 10.8. The number of carbonyl (C=O) groups is 1. The number of hydrogen-bond donors (Lipinski definition) is 0. The van der Waals surface area contributed by atoms with Gasteiger partial charge in [0.05, 0.1) is 5.92 Å². The van der Waals surface area contributed by atoms with Gasteiger partial charge in [-0.3, -0.25) is 9.69 Å². The highest BCUT2D eigenvalue weighted by molar-refractivity contribution is 6.34. The van der Waals surface area contributed by atoms with E-state index in [-0.39, 0.29) is 24.8 Å². The van der Waals surface area contributed by atoms with Gasteiger partial charge < -0.3 is 9.64 Å². The molecular formula is C23H25Cl2F3N2O2. The van der Waals surface area contributed by atoms with Crippen LogP contribution in [0.4, 0.5) is 13.2 Å². The second-order valence-electron chi connectivity index (χ2n) is 8.08. The number of halogens is 5. The Morgan fingerprint density at radius 1 is 1.09 bits per heavy atom. The summed E-state index contributed by atoms with van der Waals surface area (Å²) in [7, 11) is 1.57. The third kappa shape index (κ3) is 7.57. The molecule has 9 heteroatoms. The number of rotatable bonds is 9. The third-order valence-corrected chi connectivity index (χ3v) is 5.73. The van der Waals surface area contributed by atoms with Crippen LogP contribution >= 0.6 is 23.2 Å². The van der Waals surface area contributed by atoms with Crippen LogP contribution in [0.25, 0.3) is 0 Å². The van der Waals surface area contributed by atoms with Crippen molar-refractivity contribution >= 4 is 29.1 Å². The Kier molecular flexibility index (Phi) is 8.31. The number of benzene rings is 2. The summed E-state index contributed by atoms with van der Waals surface area (Å²) >= 11 is 12.0. The van der Waals surface area contributed by atoms with Crippen LogP contribution in [0.15, 0.2) is 42.5 Å². The highest BCUT2D eigenvalue weighted by atomic mass is 35.5. The van der Waals surface area contributed by atoms with Crippen LogP contribution in [0.3, 0.4) is 0 Å². The molecule has 1 aliphatic heterocycles. The Hall–Kier alpha value is -1.96. The number of alkyl halides is 3. The van der Waals surface area contributed by atoms with Gasteiger partial charge in [-0.1, -0.05) is 35.3 Å². The highest BCUT2D eigenvalue weighted by Gasteiger charge is 2.34. The smallest absolute Gasteiger partial charge is 0.389 e. The molecule has 2 aromatic rings. The maximum absolute atomic E-state index is 12.3. The first kappa shape index (κ1) is 24.7. The van der Waals surface area contributed by atoms with Crippen LogP contribution in [-0.4, -0.2) is 48.6 Å². The molecule has 0 N–H and O–H groups in total. The van der Waals surface area contributed by atoms with Crippen molar-refractivity contribution in [3.63, 3.8) is 0 Å². The van der Waals surface area contributed by atoms with Crippen molar-refractivity contribution < 1.29 is 22.7 Å². The summed E-state index contributed by atoms with van der Waals surface area (Å²) in [5.41, 5.74) is 1.97. The molecule has 0 unspecified atom stereocenters. The van der Waals surface area contributed by atoms with Crippen molar-refractivity contribution in [2.45, 2.75) is 32.2 Å². The first-order valence-electron chi connectivity index (χ1n) is 10.3. The van der Waals surface area contributed by atoms with Crippen LogP contribution in [0.2, 0.25) is 10.0 Å². The maximum atomic E-state index is 12.3. The lowest BCUT2D eigenvalue weighted by atomic mass is 9.97. The average Bonchev–Trinajstić information content (AvgIpc) is 2.67. The van der Waals surface area contributed by atoms with E-state index in [1.807, 2.05) is 24.3 Å². The van der Waals surface area contributed by atoms with Crippen LogP contribution in [0.1, 0.15) is 24.0 Å². The summed E-state index contributed by atoms with van der Waals surface area (Å²) in [6.07, 6.45) is -5.12. The van der Waals surface area contributed by atoms with E-state index >= 15 is 0 Å². The van der Waals surface area contributed by atoms with Gasteiger partial charge in [0, 0.05) is 49.7 Å². The van der Waals surface area contributed by atoms with Crippen molar-refractivity contribution in [3.8, 4) is 5.75 Å². The van der Waals surface area contributed by atoms with E-state index in [4.69, 9.17) is 27.9 Å². The van der Waals surface area contributed by atoms with Crippen molar-refractivity contribution in [1.82, 2.24) is 9.80 Å². The molecule has 1 saturated heterocycles. The Labute approximate surface area is 195 Å². The molecule has 0 aliphatic carbocycles. The van der Waals surface area contributed by atoms with E-state index in [1.54, 1.807) is 25.2 Å². The van der Waals surface area contributed by atoms with Crippen molar-refractivity contribution in [1.29, 1.82) is 0 Å². The molecule has 1 fully saturated rings. The molecule has 1 aliphatic rings. The first-order valence-corrected chi connectivity index (χ1v) is 11.1. The highest BCUT2D eigenvalue weighted by Crippen LogP contribution is 2.25. The normalized spacial score (nSPS) is 14.8. The molecule has 0 bridgehead atoms. The molecule has 3 rings (SSSR count). The molecule has 1 amide bonds. The molecule has 32 heavy (non-hydrogen) atoms. The molecular weight excluding hydrogens is 464 g/mol. The van der Waals surface area contributed by atoms with Crippen LogP contribution in [0, 0.1) is 5.92 Å². The summed E-state index contributed by atoms with van der Waals surface area (Å²) in [4.78, 5) is 15.9. The first-order chi connectivity index (χ1) is 15.1. The molecule has 1 heterocycles. The minimum atomic E-state index is -4.18. The van der Waals surface area contributed by atoms with Crippen molar-refractivity contribution in [3.05, 3.63) is 63.6 Å². The van der Waals surface area contributed by atoms with Gasteiger partial charge in [0.1, 0.15) is 12.4 Å². The van der Waals surface area contributed by atoms with E-state index in [1.165, 1.54) is 4.90 Å². The number of nitrogens with zero attached hydrogens (tertiary/aromatic N) is 2. The molecule has 0 atom stereocenters. The monoisotopic (exact) mass is 488 g/mol. The predicted octanol–water partition coefficient (Wildman–Crippen LogP) is 5.81. The number of amides is 1. The number of ether oxygens (including phenoxy) is 1. The number of hydrogen-bond acceptors (Lipinski definition) is 3. The molecule has 0 radical (unpaired) electrons. The van der Waals surface area contributed by atoms with Crippen molar-refractivity contribution in [2.75, 3.05) is 26.7 Å². The average molecular weight is 489 g/mol. The Bertz CT molecular complexity index is 896. The van der Waals surface area contributed by atoms with Crippen LogP contribution < -0.4 is 4.74 Å². The molecule has 0 spiro atoms. The lowest BCUT2D eigenvalue weighted by Gasteiger charge is -2.40. The molecule has 0 saturated carbocycles. The third-order valence-electron chi connectivity index (χ3n) is 5.29. The number of likely N-dealkylation sites (tertiary alicyclic amines) is 1. The van der Waals surface area contributed by atoms with Crippen LogP contribution in [0.5, 0.6) is 5.75 Å². The van der Waals surface area contributed by atoms with Gasteiger partial charge in [0.25, 0.3) is 0 Å². The van der Waals surface area contributed by atoms with Crippen molar-refractivity contribution in [2.24, 2.45) is 5.92 Å². The topological polar surface area (TPSA) is 32.8 Å². The van der Waals surface area contributed by atoms with Gasteiger partial charge in [0.2, 0.25) is 5.91 Å². The minimum absolute atomic E-state index is 0.0685. The Balaban J connectivity index is 1.39. The summed E-state index contributed by atoms with van der Waals surface area (Å²) < 4.78 is 42.5. The van der Waals surface area contributed by atoms with E-state index in [0.717, 1.165) is 16.9 Å². The fourth-order valence-electron chi connectivity index (χ4n) is 3.60. The summed E-state index contributed by atoms with van der Waals surface area (Å²) in [6.45, 7) is 2.39. The fourth-order valence-corrected chi connectivity index (χ4v) is 4.18. The fraction of sp³-hybridized carbons (Fsp3) is 0.435. The van der Waals surface area contributed by atoms with Gasteiger partial charge in [-0.2, -0.15) is 13.2 Å². The summed E-state index contributed by atoms with van der Waals surface area (Å²) in [5.74, 6) is 0.480. The standard InChI is InChI=1S/C23H25Cl2F3N2O2/c1-29(8-2-7-23(26,27)28)22(31)18-13-30(14-18)12-16-3-5-21(6-4-16)32-15-17-9-19(24)11-20(25)10-17/h3-6,9-11,18H,2,7-8,12-15H2,1H3. The molecule has 2 aromatic carbocycles. The van der Waals surface area contributed by atoms with E-state index in [9.17, 15) is 18.0 Å². The van der Waals surface area contributed by atoms with Gasteiger partial charge in [-0.15, -0.1) is 0 Å². The lowest BCUT2D eigenvalue weighted by molar-refractivity contribution is -0.144. The largest absolute Gasteiger partial charge is 0.489 e. The zero-order chi connectivity index (χ0) is 23.3. The van der Waals surface area contributed by atoms with E-state index in [0.29, 0.717) is 36.3 Å². The zero-order valence-corrected chi connectivity index (χ0v) is 19.2. The lowest BCUT2D eigenvalue weighted by Crippen LogP contribution is -2.53. The van der Waals surface area contributed by atoms with E-state index < -0.39 is 12.6 Å². The maximum Gasteiger partial charge on any atom is 0.389 e. The van der Waals surface area contributed by atoms with Gasteiger partial charge in [0.15, 0.2) is 0 Å². The molecule has 4 nitrogen and oxygen atoms in total. The predicted molar refractivity (Wildman–Crippen MR) is 119 cm³/mol. The summed E-state index contributed by atoms with van der Waals surface area (Å²) in [5, 5.41) is 1.12. The Morgan fingerprint density at radius 2 is 1.72 bits per heavy atom. The Morgan fingerprint density at radius 3 is 2.31 bits per heavy atom.